The van der Waals surface area contributed by atoms with Crippen LogP contribution in [0.15, 0.2) is 83.9 Å². The summed E-state index contributed by atoms with van der Waals surface area (Å²) < 4.78 is 33.0. The zero-order valence-electron chi connectivity index (χ0n) is 18.8. The van der Waals surface area contributed by atoms with Crippen molar-refractivity contribution in [2.75, 3.05) is 18.5 Å². The van der Waals surface area contributed by atoms with Crippen molar-refractivity contribution in [3.8, 4) is 5.75 Å². The van der Waals surface area contributed by atoms with E-state index in [2.05, 4.69) is 4.98 Å². The highest BCUT2D eigenvalue weighted by atomic mass is 32.2. The van der Waals surface area contributed by atoms with Crippen LogP contribution in [0.2, 0.25) is 0 Å². The minimum Gasteiger partial charge on any atom is -0.497 e. The van der Waals surface area contributed by atoms with Crippen molar-refractivity contribution in [1.29, 1.82) is 0 Å². The third-order valence-corrected chi connectivity index (χ3v) is 7.48. The Morgan fingerprint density at radius 3 is 2.29 bits per heavy atom. The number of aryl methyl sites for hydroxylation is 2. The lowest BCUT2D eigenvalue weighted by atomic mass is 10.0. The lowest BCUT2D eigenvalue weighted by molar-refractivity contribution is 0.0697. The van der Waals surface area contributed by atoms with Crippen LogP contribution in [-0.2, 0) is 22.9 Å². The maximum absolute atomic E-state index is 13.4. The number of methoxy groups -OCH3 is 1. The molecular weight excluding hydrogens is 452 g/mol. The molecular formula is C26H24N2O5S. The molecule has 4 rings (SSSR count). The first-order chi connectivity index (χ1) is 16.3. The topological polar surface area (TPSA) is 96.8 Å². The second kappa shape index (κ2) is 9.52. The van der Waals surface area contributed by atoms with Gasteiger partial charge in [-0.1, -0.05) is 36.4 Å². The molecule has 8 heteroatoms. The van der Waals surface area contributed by atoms with Crippen LogP contribution in [0.25, 0.3) is 10.9 Å². The van der Waals surface area contributed by atoms with E-state index in [1.54, 1.807) is 18.2 Å². The van der Waals surface area contributed by atoms with Gasteiger partial charge in [0.15, 0.2) is 0 Å². The van der Waals surface area contributed by atoms with Gasteiger partial charge in [0.1, 0.15) is 11.3 Å². The van der Waals surface area contributed by atoms with Crippen LogP contribution in [-0.4, -0.2) is 38.6 Å². The smallest absolute Gasteiger partial charge is 0.339 e. The number of carboxylic acids is 1. The number of pyridine rings is 1. The fraction of sp³-hybridized carbons (Fsp3) is 0.154. The molecule has 0 bridgehead atoms. The Kier molecular flexibility index (Phi) is 6.51. The monoisotopic (exact) mass is 476 g/mol. The first-order valence-electron chi connectivity index (χ1n) is 10.6. The zero-order valence-corrected chi connectivity index (χ0v) is 19.6. The second-order valence-electron chi connectivity index (χ2n) is 7.81. The van der Waals surface area contributed by atoms with Gasteiger partial charge in [0.2, 0.25) is 0 Å². The van der Waals surface area contributed by atoms with Gasteiger partial charge < -0.3 is 9.84 Å². The standard InChI is InChI=1S/C26H24N2O5S/c1-28(34(31,32)21-13-11-20(33-2)12-14-21)25-22-16-19(9-8-18-6-4-3-5-7-18)10-15-24(22)27-17-23(25)26(29)30/h3-7,10-17H,8-9H2,1-2H3,(H,29,30). The van der Waals surface area contributed by atoms with E-state index in [1.807, 2.05) is 42.5 Å². The molecule has 0 aliphatic carbocycles. The molecule has 0 aliphatic rings. The lowest BCUT2D eigenvalue weighted by Crippen LogP contribution is -2.28. The van der Waals surface area contributed by atoms with Crippen molar-refractivity contribution < 1.29 is 23.1 Å². The highest BCUT2D eigenvalue weighted by molar-refractivity contribution is 7.92. The van der Waals surface area contributed by atoms with Crippen LogP contribution in [0.5, 0.6) is 5.75 Å². The number of aromatic nitrogens is 1. The van der Waals surface area contributed by atoms with Crippen LogP contribution in [0.1, 0.15) is 21.5 Å². The molecule has 0 amide bonds. The van der Waals surface area contributed by atoms with Gasteiger partial charge in [-0.25, -0.2) is 13.2 Å². The van der Waals surface area contributed by atoms with E-state index >= 15 is 0 Å². The van der Waals surface area contributed by atoms with E-state index in [9.17, 15) is 18.3 Å². The predicted octanol–water partition coefficient (Wildman–Crippen LogP) is 4.55. The summed E-state index contributed by atoms with van der Waals surface area (Å²) in [7, 11) is -1.19. The summed E-state index contributed by atoms with van der Waals surface area (Å²) in [5.41, 5.74) is 2.54. The largest absolute Gasteiger partial charge is 0.497 e. The predicted molar refractivity (Wildman–Crippen MR) is 131 cm³/mol. The number of rotatable bonds is 8. The SMILES string of the molecule is COc1ccc(S(=O)(=O)N(C)c2c(C(=O)O)cnc3ccc(CCc4ccccc4)cc23)cc1. The first-order valence-corrected chi connectivity index (χ1v) is 12.1. The number of fused-ring (bicyclic) bond motifs is 1. The summed E-state index contributed by atoms with van der Waals surface area (Å²) in [6.07, 6.45) is 2.71. The summed E-state index contributed by atoms with van der Waals surface area (Å²) >= 11 is 0. The quantitative estimate of drug-likeness (QED) is 0.401. The third-order valence-electron chi connectivity index (χ3n) is 5.71. The molecule has 1 heterocycles. The molecule has 1 aromatic heterocycles. The molecule has 1 N–H and O–H groups in total. The van der Waals surface area contributed by atoms with Crippen LogP contribution in [0.4, 0.5) is 5.69 Å². The number of carboxylic acid groups (broad SMARTS) is 1. The van der Waals surface area contributed by atoms with Crippen molar-refractivity contribution in [3.05, 3.63) is 95.7 Å². The number of sulfonamides is 1. The van der Waals surface area contributed by atoms with Crippen molar-refractivity contribution in [3.63, 3.8) is 0 Å². The summed E-state index contributed by atoms with van der Waals surface area (Å²) in [5.74, 6) is -0.735. The number of carbonyl (C=O) groups is 1. The molecule has 0 saturated carbocycles. The number of nitrogens with zero attached hydrogens (tertiary/aromatic N) is 2. The van der Waals surface area contributed by atoms with Gasteiger partial charge in [0.05, 0.1) is 23.2 Å². The number of aromatic carboxylic acids is 1. The number of hydrogen-bond acceptors (Lipinski definition) is 5. The Balaban J connectivity index is 1.79. The van der Waals surface area contributed by atoms with Gasteiger partial charge in [0.25, 0.3) is 10.0 Å². The lowest BCUT2D eigenvalue weighted by Gasteiger charge is -2.23. The Hall–Kier alpha value is -3.91. The minimum absolute atomic E-state index is 0.0253. The number of ether oxygens (including phenoxy) is 1. The summed E-state index contributed by atoms with van der Waals surface area (Å²) in [5, 5.41) is 10.3. The van der Waals surface area contributed by atoms with Crippen LogP contribution in [0.3, 0.4) is 0 Å². The molecule has 0 saturated heterocycles. The molecule has 7 nitrogen and oxygen atoms in total. The fourth-order valence-corrected chi connectivity index (χ4v) is 5.07. The van der Waals surface area contributed by atoms with E-state index in [-0.39, 0.29) is 16.1 Å². The Morgan fingerprint density at radius 2 is 1.65 bits per heavy atom. The maximum Gasteiger partial charge on any atom is 0.339 e. The maximum atomic E-state index is 13.4. The molecule has 4 aromatic rings. The zero-order chi connectivity index (χ0) is 24.3. The van der Waals surface area contributed by atoms with E-state index in [4.69, 9.17) is 4.74 Å². The fourth-order valence-electron chi connectivity index (χ4n) is 3.84. The van der Waals surface area contributed by atoms with Gasteiger partial charge in [-0.15, -0.1) is 0 Å². The molecule has 174 valence electrons. The van der Waals surface area contributed by atoms with Gasteiger partial charge in [-0.3, -0.25) is 9.29 Å². The average Bonchev–Trinajstić information content (AvgIpc) is 2.86. The molecule has 34 heavy (non-hydrogen) atoms. The van der Waals surface area contributed by atoms with Crippen LogP contribution < -0.4 is 9.04 Å². The number of anilines is 1. The Labute approximate surface area is 198 Å². The van der Waals surface area contributed by atoms with E-state index < -0.39 is 16.0 Å². The molecule has 3 aromatic carbocycles. The number of benzene rings is 3. The summed E-state index contributed by atoms with van der Waals surface area (Å²) in [4.78, 5) is 16.3. The van der Waals surface area contributed by atoms with Crippen LogP contribution >= 0.6 is 0 Å². The van der Waals surface area contributed by atoms with Crippen molar-refractivity contribution in [2.24, 2.45) is 0 Å². The number of hydrogen-bond donors (Lipinski definition) is 1. The van der Waals surface area contributed by atoms with Crippen molar-refractivity contribution in [2.45, 2.75) is 17.7 Å². The third kappa shape index (κ3) is 4.58. The second-order valence-corrected chi connectivity index (χ2v) is 9.78. The van der Waals surface area contributed by atoms with Gasteiger partial charge >= 0.3 is 5.97 Å². The molecule has 0 radical (unpaired) electrons. The average molecular weight is 477 g/mol. The van der Waals surface area contributed by atoms with Gasteiger partial charge in [0, 0.05) is 18.6 Å². The van der Waals surface area contributed by atoms with E-state index in [0.29, 0.717) is 23.1 Å². The highest BCUT2D eigenvalue weighted by Crippen LogP contribution is 2.34. The minimum atomic E-state index is -4.05. The molecule has 0 spiro atoms. The van der Waals surface area contributed by atoms with Crippen molar-refractivity contribution >= 4 is 32.6 Å². The van der Waals surface area contributed by atoms with Gasteiger partial charge in [-0.05, 0) is 60.4 Å². The van der Waals surface area contributed by atoms with Crippen LogP contribution in [0, 0.1) is 0 Å². The molecule has 0 atom stereocenters. The van der Waals surface area contributed by atoms with E-state index in [1.165, 1.54) is 38.1 Å². The van der Waals surface area contributed by atoms with Gasteiger partial charge in [-0.2, -0.15) is 0 Å². The molecule has 0 unspecified atom stereocenters. The Morgan fingerprint density at radius 1 is 0.971 bits per heavy atom. The summed E-state index contributed by atoms with van der Waals surface area (Å²) in [6, 6.07) is 21.5. The van der Waals surface area contributed by atoms with E-state index in [0.717, 1.165) is 16.3 Å². The van der Waals surface area contributed by atoms with Crippen molar-refractivity contribution in [1.82, 2.24) is 4.98 Å². The Bertz CT molecular complexity index is 1440. The normalized spacial score (nSPS) is 11.4. The summed E-state index contributed by atoms with van der Waals surface area (Å²) in [6.45, 7) is 0. The molecule has 0 aliphatic heterocycles. The first kappa shape index (κ1) is 23.3. The molecule has 0 fully saturated rings. The highest BCUT2D eigenvalue weighted by Gasteiger charge is 2.28.